The van der Waals surface area contributed by atoms with E-state index in [0.717, 1.165) is 52.9 Å². The lowest BCUT2D eigenvalue weighted by molar-refractivity contribution is -0.0692. The van der Waals surface area contributed by atoms with Crippen LogP contribution in [0.1, 0.15) is 36.8 Å². The van der Waals surface area contributed by atoms with Gasteiger partial charge in [0.15, 0.2) is 23.0 Å². The van der Waals surface area contributed by atoms with Crippen molar-refractivity contribution in [3.8, 4) is 34.5 Å². The summed E-state index contributed by atoms with van der Waals surface area (Å²) in [7, 11) is 1.67. The van der Waals surface area contributed by atoms with Crippen molar-refractivity contribution in [2.75, 3.05) is 16.9 Å². The fourth-order valence-electron chi connectivity index (χ4n) is 6.46. The van der Waals surface area contributed by atoms with Gasteiger partial charge in [0.05, 0.1) is 13.2 Å². The predicted molar refractivity (Wildman–Crippen MR) is 212 cm³/mol. The van der Waals surface area contributed by atoms with E-state index in [2.05, 4.69) is 24.3 Å². The highest BCUT2D eigenvalue weighted by atomic mass is 19.3. The number of hydrogen-bond acceptors (Lipinski definition) is 10. The third kappa shape index (κ3) is 11.4. The third-order valence-corrected chi connectivity index (χ3v) is 9.16. The molecule has 14 heteroatoms. The number of pyridine rings is 2. The van der Waals surface area contributed by atoms with Gasteiger partial charge in [-0.1, -0.05) is 18.2 Å². The monoisotopic (exact) mass is 798 g/mol. The van der Waals surface area contributed by atoms with E-state index in [9.17, 15) is 27.8 Å². The molecule has 6 aromatic rings. The summed E-state index contributed by atoms with van der Waals surface area (Å²) in [4.78, 5) is 12.1. The molecule has 1 saturated carbocycles. The molecule has 10 nitrogen and oxygen atoms in total. The summed E-state index contributed by atoms with van der Waals surface area (Å²) < 4.78 is 71.2. The Morgan fingerprint density at radius 3 is 1.67 bits per heavy atom. The average Bonchev–Trinajstić information content (AvgIpc) is 3.74. The maximum atomic E-state index is 12.8. The van der Waals surface area contributed by atoms with E-state index in [1.807, 2.05) is 54.7 Å². The standard InChI is InChI=1S/C24H26N2O3.C20H16F4N2O3/c1-28-23-12-11-20(15-24(23)29-22-9-2-3-10-22)26(17-18-6-5-13-25-16-18)19-7-4-8-21(27)14-19;21-19(22)28-17-8-5-15(10-18(17)29-20(23)24)26(12-13-2-1-9-25-11-13)14-3-6-16(27)7-4-14/h4-8,11-16,22,27H,2-3,9-10,17H2,1H3;1-11,19-20,27H,12H2. The molecule has 302 valence electrons. The van der Waals surface area contributed by atoms with E-state index in [-0.39, 0.29) is 17.6 Å². The molecule has 0 saturated heterocycles. The molecule has 2 aromatic heterocycles. The lowest BCUT2D eigenvalue weighted by Crippen LogP contribution is -2.17. The van der Waals surface area contributed by atoms with E-state index >= 15 is 0 Å². The first-order valence-corrected chi connectivity index (χ1v) is 18.4. The molecule has 2 heterocycles. The Labute approximate surface area is 333 Å². The number of ether oxygens (including phenoxy) is 4. The summed E-state index contributed by atoms with van der Waals surface area (Å²) in [6.07, 6.45) is 11.7. The number of nitrogens with zero attached hydrogens (tertiary/aromatic N) is 4. The van der Waals surface area contributed by atoms with Gasteiger partial charge in [0.25, 0.3) is 0 Å². The van der Waals surface area contributed by atoms with Gasteiger partial charge in [-0.2, -0.15) is 17.6 Å². The number of aromatic hydroxyl groups is 2. The highest BCUT2D eigenvalue weighted by molar-refractivity contribution is 5.69. The fraction of sp³-hybridized carbons (Fsp3) is 0.227. The zero-order valence-corrected chi connectivity index (χ0v) is 31.5. The number of halogens is 4. The number of rotatable bonds is 15. The Hall–Kier alpha value is -6.70. The number of alkyl halides is 4. The predicted octanol–water partition coefficient (Wildman–Crippen LogP) is 10.8. The Morgan fingerprint density at radius 1 is 0.586 bits per heavy atom. The summed E-state index contributed by atoms with van der Waals surface area (Å²) >= 11 is 0. The van der Waals surface area contributed by atoms with Gasteiger partial charge < -0.3 is 39.0 Å². The largest absolute Gasteiger partial charge is 0.508 e. The summed E-state index contributed by atoms with van der Waals surface area (Å²) in [6.45, 7) is -5.50. The second-order valence-electron chi connectivity index (χ2n) is 13.2. The van der Waals surface area contributed by atoms with Gasteiger partial charge in [0, 0.05) is 78.8 Å². The zero-order chi connectivity index (χ0) is 40.9. The van der Waals surface area contributed by atoms with Crippen molar-refractivity contribution >= 4 is 22.7 Å². The van der Waals surface area contributed by atoms with Crippen LogP contribution >= 0.6 is 0 Å². The van der Waals surface area contributed by atoms with Gasteiger partial charge in [0.2, 0.25) is 0 Å². The number of phenols is 2. The minimum absolute atomic E-state index is 0.0532. The first-order valence-electron chi connectivity index (χ1n) is 18.4. The summed E-state index contributed by atoms with van der Waals surface area (Å²) in [5.41, 5.74) is 4.75. The second-order valence-corrected chi connectivity index (χ2v) is 13.2. The molecule has 1 aliphatic carbocycles. The highest BCUT2D eigenvalue weighted by Crippen LogP contribution is 2.40. The van der Waals surface area contributed by atoms with Crippen molar-refractivity contribution in [3.05, 3.63) is 145 Å². The smallest absolute Gasteiger partial charge is 0.387 e. The molecule has 0 spiro atoms. The second kappa shape index (κ2) is 19.9. The van der Waals surface area contributed by atoms with Crippen LogP contribution < -0.4 is 28.7 Å². The van der Waals surface area contributed by atoms with Gasteiger partial charge in [-0.15, -0.1) is 0 Å². The van der Waals surface area contributed by atoms with Gasteiger partial charge in [0.1, 0.15) is 11.5 Å². The molecule has 2 N–H and O–H groups in total. The number of benzene rings is 4. The fourth-order valence-corrected chi connectivity index (χ4v) is 6.46. The van der Waals surface area contributed by atoms with Crippen LogP contribution in [0.2, 0.25) is 0 Å². The zero-order valence-electron chi connectivity index (χ0n) is 31.5. The van der Waals surface area contributed by atoms with Crippen molar-refractivity contribution in [2.45, 2.75) is 58.1 Å². The normalized spacial score (nSPS) is 12.5. The Kier molecular flexibility index (Phi) is 14.1. The van der Waals surface area contributed by atoms with Crippen molar-refractivity contribution in [1.29, 1.82) is 0 Å². The van der Waals surface area contributed by atoms with E-state index < -0.39 is 24.7 Å². The molecule has 58 heavy (non-hydrogen) atoms. The first-order chi connectivity index (χ1) is 28.1. The topological polar surface area (TPSA) is 110 Å². The molecule has 1 fully saturated rings. The number of aromatic nitrogens is 2. The van der Waals surface area contributed by atoms with Crippen molar-refractivity contribution < 1.29 is 46.7 Å². The third-order valence-electron chi connectivity index (χ3n) is 9.16. The molecule has 4 aromatic carbocycles. The molecule has 0 amide bonds. The molecular formula is C44H42F4N4O6. The van der Waals surface area contributed by atoms with Crippen LogP contribution in [0.15, 0.2) is 134 Å². The van der Waals surface area contributed by atoms with Crippen LogP contribution in [0.5, 0.6) is 34.5 Å². The average molecular weight is 799 g/mol. The number of anilines is 4. The van der Waals surface area contributed by atoms with Gasteiger partial charge in [-0.3, -0.25) is 9.97 Å². The quantitative estimate of drug-likeness (QED) is 0.0975. The van der Waals surface area contributed by atoms with Crippen molar-refractivity contribution in [1.82, 2.24) is 9.97 Å². The minimum atomic E-state index is -3.22. The Morgan fingerprint density at radius 2 is 1.12 bits per heavy atom. The van der Waals surface area contributed by atoms with Crippen LogP contribution in [0.3, 0.4) is 0 Å². The summed E-state index contributed by atoms with van der Waals surface area (Å²) in [5, 5.41) is 19.6. The molecule has 0 bridgehead atoms. The molecule has 0 atom stereocenters. The van der Waals surface area contributed by atoms with Crippen molar-refractivity contribution in [3.63, 3.8) is 0 Å². The van der Waals surface area contributed by atoms with Crippen LogP contribution in [0.4, 0.5) is 40.3 Å². The van der Waals surface area contributed by atoms with Crippen LogP contribution in [-0.2, 0) is 13.1 Å². The van der Waals surface area contributed by atoms with Gasteiger partial charge in [-0.25, -0.2) is 0 Å². The SMILES string of the molecule is COc1ccc(N(Cc2cccnc2)c2cccc(O)c2)cc1OC1CCCC1.Oc1ccc(N(Cc2cccnc2)c2ccc(OC(F)F)c(OC(F)F)c2)cc1. The molecule has 0 unspecified atom stereocenters. The number of methoxy groups -OCH3 is 1. The van der Waals surface area contributed by atoms with E-state index in [0.29, 0.717) is 24.5 Å². The molecule has 0 radical (unpaired) electrons. The molecule has 1 aliphatic rings. The molecular weight excluding hydrogens is 756 g/mol. The first kappa shape index (κ1) is 40.9. The summed E-state index contributed by atoms with van der Waals surface area (Å²) in [6, 6.07) is 30.8. The Bertz CT molecular complexity index is 2180. The molecule has 0 aliphatic heterocycles. The van der Waals surface area contributed by atoms with Crippen LogP contribution in [0.25, 0.3) is 0 Å². The van der Waals surface area contributed by atoms with Crippen LogP contribution in [0, 0.1) is 0 Å². The maximum Gasteiger partial charge on any atom is 0.387 e. The highest BCUT2D eigenvalue weighted by Gasteiger charge is 2.21. The summed E-state index contributed by atoms with van der Waals surface area (Å²) in [5.74, 6) is 0.752. The lowest BCUT2D eigenvalue weighted by atomic mass is 10.1. The number of hydrogen-bond donors (Lipinski definition) is 2. The van der Waals surface area contributed by atoms with Gasteiger partial charge >= 0.3 is 13.2 Å². The molecule has 7 rings (SSSR count). The number of phenolic OH excluding ortho intramolecular Hbond substituents is 2. The maximum absolute atomic E-state index is 12.8. The van der Waals surface area contributed by atoms with E-state index in [1.54, 1.807) is 60.9 Å². The van der Waals surface area contributed by atoms with Crippen LogP contribution in [-0.4, -0.2) is 46.6 Å². The van der Waals surface area contributed by atoms with Crippen molar-refractivity contribution in [2.24, 2.45) is 0 Å². The minimum Gasteiger partial charge on any atom is -0.508 e. The van der Waals surface area contributed by atoms with Gasteiger partial charge in [-0.05, 0) is 110 Å². The Balaban J connectivity index is 0.000000196. The lowest BCUT2D eigenvalue weighted by Gasteiger charge is -2.26. The van der Waals surface area contributed by atoms with E-state index in [1.165, 1.54) is 37.1 Å². The van der Waals surface area contributed by atoms with E-state index in [4.69, 9.17) is 9.47 Å².